The van der Waals surface area contributed by atoms with Crippen LogP contribution in [0.3, 0.4) is 0 Å². The van der Waals surface area contributed by atoms with E-state index in [1.54, 1.807) is 16.4 Å². The van der Waals surface area contributed by atoms with Gasteiger partial charge in [-0.15, -0.1) is 5.10 Å². The van der Waals surface area contributed by atoms with Gasteiger partial charge in [-0.1, -0.05) is 73.3 Å². The molecule has 0 radical (unpaired) electrons. The molecule has 2 amide bonds. The number of carbonyl (C=O) groups excluding carboxylic acids is 1. The highest BCUT2D eigenvalue weighted by molar-refractivity contribution is 7.99. The van der Waals surface area contributed by atoms with Crippen molar-refractivity contribution in [2.24, 2.45) is 23.7 Å². The normalized spacial score (nSPS) is 30.7. The number of ether oxygens (including phenoxy) is 2. The van der Waals surface area contributed by atoms with Crippen molar-refractivity contribution in [3.63, 3.8) is 0 Å². The minimum Gasteiger partial charge on any atom is -0.392 e. The summed E-state index contributed by atoms with van der Waals surface area (Å²) in [5.41, 5.74) is 4.34. The van der Waals surface area contributed by atoms with E-state index >= 15 is 0 Å². The number of para-hydroxylation sites is 1. The van der Waals surface area contributed by atoms with Crippen molar-refractivity contribution >= 4 is 23.5 Å². The van der Waals surface area contributed by atoms with Crippen molar-refractivity contribution in [1.29, 1.82) is 0 Å². The molecular weight excluding hydrogens is 625 g/mol. The molecule has 3 N–H and O–H groups in total. The number of thioether (sulfide) groups is 1. The number of aromatic nitrogens is 4. The number of hydrogen-bond acceptors (Lipinski definition) is 8. The fraction of sp³-hybridized carbons (Fsp3) is 0.459. The standard InChI is InChI=1S/C37H42N6O4S/c1-23-32(22-48-36-40-41-42-43(36)31-5-3-2-4-6-31)46-34(47-33(23)28-9-7-24(21-44)8-10-28)29-11-13-30(14-12-29)38-35(45)39-37-18-25-15-26(19-37)17-27(16-25)20-37/h2-14,23,25-27,32-34,44H,15-22H2,1H3,(H2,38,39,45)/t23-,25?,26?,27?,32+,33+,34+,37?/m1/s1. The largest absolute Gasteiger partial charge is 0.392 e. The Balaban J connectivity index is 0.971. The summed E-state index contributed by atoms with van der Waals surface area (Å²) in [6.07, 6.45) is 6.34. The summed E-state index contributed by atoms with van der Waals surface area (Å²) in [6.45, 7) is 2.13. The van der Waals surface area contributed by atoms with E-state index in [2.05, 4.69) is 33.1 Å². The summed E-state index contributed by atoms with van der Waals surface area (Å²) >= 11 is 1.55. The molecule has 4 atom stereocenters. The van der Waals surface area contributed by atoms with E-state index in [0.29, 0.717) is 10.9 Å². The quantitative estimate of drug-likeness (QED) is 0.166. The summed E-state index contributed by atoms with van der Waals surface area (Å²) in [6, 6.07) is 25.4. The molecule has 10 nitrogen and oxygen atoms in total. The Morgan fingerprint density at radius 2 is 1.58 bits per heavy atom. The first-order valence-electron chi connectivity index (χ1n) is 17.1. The lowest BCUT2D eigenvalue weighted by Gasteiger charge is -2.56. The Morgan fingerprint density at radius 3 is 2.25 bits per heavy atom. The molecule has 2 heterocycles. The zero-order valence-electron chi connectivity index (χ0n) is 27.1. The molecule has 1 aliphatic heterocycles. The number of aliphatic hydroxyl groups is 1. The highest BCUT2D eigenvalue weighted by atomic mass is 32.2. The van der Waals surface area contributed by atoms with Gasteiger partial charge in [0.15, 0.2) is 6.29 Å². The topological polar surface area (TPSA) is 123 Å². The van der Waals surface area contributed by atoms with Gasteiger partial charge >= 0.3 is 6.03 Å². The van der Waals surface area contributed by atoms with E-state index in [1.807, 2.05) is 78.9 Å². The van der Waals surface area contributed by atoms with Crippen LogP contribution in [0.15, 0.2) is 84.0 Å². The number of hydrogen-bond donors (Lipinski definition) is 3. The van der Waals surface area contributed by atoms with Crippen molar-refractivity contribution in [2.75, 3.05) is 11.1 Å². The van der Waals surface area contributed by atoms with E-state index in [0.717, 1.165) is 65.1 Å². The monoisotopic (exact) mass is 666 g/mol. The Kier molecular flexibility index (Phi) is 8.71. The molecule has 4 aromatic rings. The van der Waals surface area contributed by atoms with Crippen LogP contribution in [-0.2, 0) is 16.1 Å². The lowest BCUT2D eigenvalue weighted by Crippen LogP contribution is -2.60. The summed E-state index contributed by atoms with van der Waals surface area (Å²) in [7, 11) is 0. The Morgan fingerprint density at radius 1 is 0.917 bits per heavy atom. The molecule has 4 saturated carbocycles. The summed E-state index contributed by atoms with van der Waals surface area (Å²) in [5.74, 6) is 2.94. The van der Waals surface area contributed by atoms with Crippen molar-refractivity contribution in [3.8, 4) is 5.69 Å². The second kappa shape index (κ2) is 13.3. The third-order valence-electron chi connectivity index (χ3n) is 10.8. The zero-order valence-corrected chi connectivity index (χ0v) is 27.9. The van der Waals surface area contributed by atoms with Crippen LogP contribution in [0.25, 0.3) is 5.69 Å². The highest BCUT2D eigenvalue weighted by Crippen LogP contribution is 2.55. The molecule has 0 unspecified atom stereocenters. The number of benzene rings is 3. The number of amides is 2. The molecule has 5 aliphatic rings. The van der Waals surface area contributed by atoms with Gasteiger partial charge in [0.2, 0.25) is 5.16 Å². The van der Waals surface area contributed by atoms with Crippen LogP contribution in [0, 0.1) is 23.7 Å². The maximum Gasteiger partial charge on any atom is 0.319 e. The Labute approximate surface area is 285 Å². The van der Waals surface area contributed by atoms with E-state index in [1.165, 1.54) is 19.3 Å². The number of carbonyl (C=O) groups is 1. The van der Waals surface area contributed by atoms with Crippen LogP contribution in [0.5, 0.6) is 0 Å². The molecule has 48 heavy (non-hydrogen) atoms. The van der Waals surface area contributed by atoms with Crippen LogP contribution < -0.4 is 10.6 Å². The van der Waals surface area contributed by atoms with E-state index in [9.17, 15) is 9.90 Å². The molecule has 1 saturated heterocycles. The van der Waals surface area contributed by atoms with E-state index in [-0.39, 0.29) is 36.3 Å². The molecule has 4 aliphatic carbocycles. The second-order valence-corrected chi connectivity index (χ2v) is 15.2. The average molecular weight is 667 g/mol. The molecule has 11 heteroatoms. The van der Waals surface area contributed by atoms with Gasteiger partial charge in [0.1, 0.15) is 0 Å². The fourth-order valence-electron chi connectivity index (χ4n) is 8.86. The zero-order chi connectivity index (χ0) is 32.7. The summed E-state index contributed by atoms with van der Waals surface area (Å²) in [4.78, 5) is 13.2. The van der Waals surface area contributed by atoms with Gasteiger partial charge in [0, 0.05) is 28.5 Å². The maximum absolute atomic E-state index is 13.2. The minimum absolute atomic E-state index is 0.0105. The minimum atomic E-state index is -0.616. The third-order valence-corrected chi connectivity index (χ3v) is 11.8. The molecule has 3 aromatic carbocycles. The van der Waals surface area contributed by atoms with Crippen molar-refractivity contribution in [2.45, 2.75) is 81.2 Å². The number of nitrogens with zero attached hydrogens (tertiary/aromatic N) is 4. The van der Waals surface area contributed by atoms with Gasteiger partial charge in [0.05, 0.1) is 24.5 Å². The highest BCUT2D eigenvalue weighted by Gasteiger charge is 2.51. The van der Waals surface area contributed by atoms with Crippen molar-refractivity contribution in [3.05, 3.63) is 95.6 Å². The lowest BCUT2D eigenvalue weighted by atomic mass is 9.53. The molecule has 0 spiro atoms. The smallest absolute Gasteiger partial charge is 0.319 e. The summed E-state index contributed by atoms with van der Waals surface area (Å²) < 4.78 is 15.0. The maximum atomic E-state index is 13.2. The van der Waals surface area contributed by atoms with E-state index in [4.69, 9.17) is 9.47 Å². The van der Waals surface area contributed by atoms with Crippen molar-refractivity contribution in [1.82, 2.24) is 25.5 Å². The SMILES string of the molecule is C[C@@H]1[C@H](CSc2nnnn2-c2ccccc2)O[C@H](c2ccc(NC(=O)NC34CC5CC(CC(C5)C3)C4)cc2)O[C@@H]1c1ccc(CO)cc1. The number of aliphatic hydroxyl groups excluding tert-OH is 1. The van der Waals surface area contributed by atoms with Crippen LogP contribution >= 0.6 is 11.8 Å². The predicted molar refractivity (Wildman–Crippen MR) is 182 cm³/mol. The molecule has 4 bridgehead atoms. The molecule has 9 rings (SSSR count). The third kappa shape index (κ3) is 6.48. The summed E-state index contributed by atoms with van der Waals surface area (Å²) in [5, 5.41) is 29.2. The first-order valence-corrected chi connectivity index (χ1v) is 18.1. The molecule has 1 aromatic heterocycles. The van der Waals surface area contributed by atoms with Gasteiger partial charge in [-0.2, -0.15) is 4.68 Å². The first kappa shape index (κ1) is 31.5. The fourth-order valence-corrected chi connectivity index (χ4v) is 9.91. The van der Waals surface area contributed by atoms with Gasteiger partial charge in [0.25, 0.3) is 0 Å². The van der Waals surface area contributed by atoms with Crippen LogP contribution in [0.2, 0.25) is 0 Å². The van der Waals surface area contributed by atoms with Crippen LogP contribution in [0.1, 0.15) is 74.5 Å². The second-order valence-electron chi connectivity index (χ2n) is 14.2. The van der Waals surface area contributed by atoms with Gasteiger partial charge in [-0.3, -0.25) is 0 Å². The number of urea groups is 1. The van der Waals surface area contributed by atoms with Gasteiger partial charge in [-0.25, -0.2) is 4.79 Å². The first-order chi connectivity index (χ1) is 23.4. The molecular formula is C37H42N6O4S. The lowest BCUT2D eigenvalue weighted by molar-refractivity contribution is -0.268. The van der Waals surface area contributed by atoms with Gasteiger partial charge in [-0.05, 0) is 102 Å². The van der Waals surface area contributed by atoms with Crippen LogP contribution in [0.4, 0.5) is 10.5 Å². The molecule has 250 valence electrons. The van der Waals surface area contributed by atoms with Crippen LogP contribution in [-0.4, -0.2) is 48.7 Å². The Bertz CT molecular complexity index is 1680. The Hall–Kier alpha value is -3.77. The number of rotatable bonds is 9. The predicted octanol–water partition coefficient (Wildman–Crippen LogP) is 6.83. The number of anilines is 1. The van der Waals surface area contributed by atoms with E-state index < -0.39 is 6.29 Å². The molecule has 5 fully saturated rings. The van der Waals surface area contributed by atoms with Crippen molar-refractivity contribution < 1.29 is 19.4 Å². The van der Waals surface area contributed by atoms with Gasteiger partial charge < -0.3 is 25.2 Å². The number of nitrogens with one attached hydrogen (secondary N) is 2. The average Bonchev–Trinajstić information content (AvgIpc) is 3.56. The number of tetrazole rings is 1.